The van der Waals surface area contributed by atoms with Crippen LogP contribution in [0.1, 0.15) is 12.5 Å². The summed E-state index contributed by atoms with van der Waals surface area (Å²) in [6.45, 7) is 1.26. The van der Waals surface area contributed by atoms with Crippen molar-refractivity contribution in [1.29, 1.82) is 0 Å². The molecule has 3 rings (SSSR count). The number of anilines is 1. The first-order chi connectivity index (χ1) is 12.8. The minimum absolute atomic E-state index is 0.360. The molecule has 8 heteroatoms. The van der Waals surface area contributed by atoms with E-state index in [1.807, 2.05) is 12.1 Å². The van der Waals surface area contributed by atoms with Gasteiger partial charge in [-0.25, -0.2) is 4.79 Å². The molecule has 2 aromatic carbocycles. The van der Waals surface area contributed by atoms with Crippen LogP contribution in [0.3, 0.4) is 0 Å². The summed E-state index contributed by atoms with van der Waals surface area (Å²) in [5.41, 5.74) is 0.0142. The third-order valence-electron chi connectivity index (χ3n) is 4.39. The van der Waals surface area contributed by atoms with E-state index in [1.54, 1.807) is 50.4 Å². The maximum absolute atomic E-state index is 12.9. The van der Waals surface area contributed by atoms with Crippen LogP contribution in [0.25, 0.3) is 0 Å². The fourth-order valence-corrected chi connectivity index (χ4v) is 3.38. The summed E-state index contributed by atoms with van der Waals surface area (Å²) in [7, 11) is 1.55. The van der Waals surface area contributed by atoms with E-state index >= 15 is 0 Å². The fraction of sp³-hybridized carbons (Fsp3) is 0.211. The second-order valence-corrected chi connectivity index (χ2v) is 7.37. The number of methoxy groups -OCH3 is 1. The zero-order valence-corrected chi connectivity index (χ0v) is 16.9. The Bertz CT molecular complexity index is 900. The number of nitrogens with one attached hydrogen (secondary N) is 2. The maximum Gasteiger partial charge on any atom is 0.325 e. The second-order valence-electron chi connectivity index (χ2n) is 6.20. The molecular weight excluding hydrogens is 461 g/mol. The number of carbonyl (C=O) groups excluding carboxylic acids is 3. The highest BCUT2D eigenvalue weighted by Gasteiger charge is 2.49. The van der Waals surface area contributed by atoms with Gasteiger partial charge in [0.15, 0.2) is 0 Å². The molecule has 27 heavy (non-hydrogen) atoms. The van der Waals surface area contributed by atoms with Crippen LogP contribution < -0.4 is 15.4 Å². The van der Waals surface area contributed by atoms with Crippen LogP contribution in [0.15, 0.2) is 48.5 Å². The molecule has 7 nitrogen and oxygen atoms in total. The smallest absolute Gasteiger partial charge is 0.325 e. The van der Waals surface area contributed by atoms with Crippen molar-refractivity contribution >= 4 is 46.1 Å². The van der Waals surface area contributed by atoms with Gasteiger partial charge < -0.3 is 15.4 Å². The number of amides is 4. The van der Waals surface area contributed by atoms with Gasteiger partial charge in [0.05, 0.1) is 12.8 Å². The molecule has 1 atom stereocenters. The van der Waals surface area contributed by atoms with Crippen LogP contribution in [-0.2, 0) is 15.1 Å². The molecule has 0 aliphatic carbocycles. The van der Waals surface area contributed by atoms with Crippen LogP contribution in [0.4, 0.5) is 10.5 Å². The summed E-state index contributed by atoms with van der Waals surface area (Å²) < 4.78 is 5.98. The maximum atomic E-state index is 12.9. The minimum Gasteiger partial charge on any atom is -0.497 e. The Morgan fingerprint density at radius 3 is 2.48 bits per heavy atom. The number of ether oxygens (including phenoxy) is 1. The summed E-state index contributed by atoms with van der Waals surface area (Å²) in [5, 5.41) is 5.40. The summed E-state index contributed by atoms with van der Waals surface area (Å²) >= 11 is 2.10. The van der Waals surface area contributed by atoms with Gasteiger partial charge in [0.25, 0.3) is 5.91 Å². The number of benzene rings is 2. The molecule has 1 unspecified atom stereocenters. The van der Waals surface area contributed by atoms with Crippen molar-refractivity contribution in [1.82, 2.24) is 10.2 Å². The SMILES string of the molecule is COc1ccc(C2(C)NC(=O)N(CC(=O)Nc3ccccc3I)C2=O)cc1. The average molecular weight is 479 g/mol. The minimum atomic E-state index is -1.23. The van der Waals surface area contributed by atoms with E-state index in [0.29, 0.717) is 17.0 Å². The molecule has 2 N–H and O–H groups in total. The molecule has 0 spiro atoms. The van der Waals surface area contributed by atoms with Crippen molar-refractivity contribution in [3.63, 3.8) is 0 Å². The van der Waals surface area contributed by atoms with Gasteiger partial charge in [0.1, 0.15) is 17.8 Å². The van der Waals surface area contributed by atoms with Gasteiger partial charge in [-0.3, -0.25) is 14.5 Å². The van der Waals surface area contributed by atoms with Gasteiger partial charge in [-0.1, -0.05) is 24.3 Å². The monoisotopic (exact) mass is 479 g/mol. The van der Waals surface area contributed by atoms with Gasteiger partial charge in [-0.15, -0.1) is 0 Å². The molecule has 1 fully saturated rings. The Kier molecular flexibility index (Phi) is 5.36. The van der Waals surface area contributed by atoms with Crippen molar-refractivity contribution in [3.8, 4) is 5.75 Å². The Balaban J connectivity index is 1.75. The Morgan fingerprint density at radius 1 is 1.19 bits per heavy atom. The number of hydrogen-bond acceptors (Lipinski definition) is 4. The lowest BCUT2D eigenvalue weighted by Crippen LogP contribution is -2.42. The van der Waals surface area contributed by atoms with E-state index in [-0.39, 0.29) is 6.54 Å². The van der Waals surface area contributed by atoms with E-state index in [4.69, 9.17) is 4.74 Å². The number of nitrogens with zero attached hydrogens (tertiary/aromatic N) is 1. The van der Waals surface area contributed by atoms with Crippen molar-refractivity contribution < 1.29 is 19.1 Å². The van der Waals surface area contributed by atoms with Crippen molar-refractivity contribution in [2.75, 3.05) is 19.0 Å². The van der Waals surface area contributed by atoms with E-state index in [0.717, 1.165) is 8.47 Å². The lowest BCUT2D eigenvalue weighted by atomic mass is 9.92. The third kappa shape index (κ3) is 3.75. The van der Waals surface area contributed by atoms with Gasteiger partial charge in [0, 0.05) is 3.57 Å². The van der Waals surface area contributed by atoms with Crippen LogP contribution >= 0.6 is 22.6 Å². The quantitative estimate of drug-likeness (QED) is 0.510. The summed E-state index contributed by atoms with van der Waals surface area (Å²) in [5.74, 6) is -0.273. The fourth-order valence-electron chi connectivity index (χ4n) is 2.86. The summed E-state index contributed by atoms with van der Waals surface area (Å²) in [6.07, 6.45) is 0. The first-order valence-electron chi connectivity index (χ1n) is 8.18. The second kappa shape index (κ2) is 7.55. The van der Waals surface area contributed by atoms with Crippen LogP contribution in [0.2, 0.25) is 0 Å². The topological polar surface area (TPSA) is 87.7 Å². The lowest BCUT2D eigenvalue weighted by Gasteiger charge is -2.22. The molecule has 140 valence electrons. The molecule has 0 radical (unpaired) electrons. The zero-order chi connectivity index (χ0) is 19.6. The number of carbonyl (C=O) groups is 3. The molecule has 0 aromatic heterocycles. The number of halogens is 1. The van der Waals surface area contributed by atoms with E-state index < -0.39 is 23.4 Å². The van der Waals surface area contributed by atoms with E-state index in [1.165, 1.54) is 0 Å². The third-order valence-corrected chi connectivity index (χ3v) is 5.33. The molecule has 4 amide bonds. The zero-order valence-electron chi connectivity index (χ0n) is 14.8. The first kappa shape index (κ1) is 19.2. The Morgan fingerprint density at radius 2 is 1.85 bits per heavy atom. The van der Waals surface area contributed by atoms with Gasteiger partial charge in [0.2, 0.25) is 5.91 Å². The number of urea groups is 1. The largest absolute Gasteiger partial charge is 0.497 e. The number of imide groups is 1. The van der Waals surface area contributed by atoms with E-state index in [2.05, 4.69) is 33.2 Å². The number of rotatable bonds is 5. The standard InChI is InChI=1S/C19H18IN3O4/c1-19(12-7-9-13(27-2)10-8-12)17(25)23(18(26)22-19)11-16(24)21-15-6-4-3-5-14(15)20/h3-10H,11H2,1-2H3,(H,21,24)(H,22,26). The van der Waals surface area contributed by atoms with Crippen LogP contribution in [0.5, 0.6) is 5.75 Å². The molecule has 1 saturated heterocycles. The first-order valence-corrected chi connectivity index (χ1v) is 9.26. The van der Waals surface area contributed by atoms with Crippen LogP contribution in [-0.4, -0.2) is 36.4 Å². The molecule has 2 aromatic rings. The predicted octanol–water partition coefficient (Wildman–Crippen LogP) is 2.71. The Labute approximate surface area is 170 Å². The van der Waals surface area contributed by atoms with Gasteiger partial charge in [-0.05, 0) is 59.3 Å². The molecular formula is C19H18IN3O4. The van der Waals surface area contributed by atoms with Gasteiger partial charge >= 0.3 is 6.03 Å². The van der Waals surface area contributed by atoms with Gasteiger partial charge in [-0.2, -0.15) is 0 Å². The molecule has 1 heterocycles. The lowest BCUT2D eigenvalue weighted by molar-refractivity contribution is -0.133. The van der Waals surface area contributed by atoms with Crippen molar-refractivity contribution in [3.05, 3.63) is 57.7 Å². The highest BCUT2D eigenvalue weighted by Crippen LogP contribution is 2.30. The number of para-hydroxylation sites is 1. The molecule has 1 aliphatic rings. The van der Waals surface area contributed by atoms with Crippen molar-refractivity contribution in [2.45, 2.75) is 12.5 Å². The average Bonchev–Trinajstić information content (AvgIpc) is 2.88. The Hall–Kier alpha value is -2.62. The van der Waals surface area contributed by atoms with Crippen molar-refractivity contribution in [2.24, 2.45) is 0 Å². The van der Waals surface area contributed by atoms with Crippen LogP contribution in [0, 0.1) is 3.57 Å². The molecule has 0 saturated carbocycles. The predicted molar refractivity (Wildman–Crippen MR) is 108 cm³/mol. The normalized spacial score (nSPS) is 19.0. The highest BCUT2D eigenvalue weighted by molar-refractivity contribution is 14.1. The summed E-state index contributed by atoms with van der Waals surface area (Å²) in [6, 6.07) is 13.5. The van der Waals surface area contributed by atoms with E-state index in [9.17, 15) is 14.4 Å². The number of hydrogen-bond donors (Lipinski definition) is 2. The molecule has 1 aliphatic heterocycles. The highest BCUT2D eigenvalue weighted by atomic mass is 127. The summed E-state index contributed by atoms with van der Waals surface area (Å²) in [4.78, 5) is 38.5. The molecule has 0 bridgehead atoms.